The van der Waals surface area contributed by atoms with Gasteiger partial charge in [-0.3, -0.25) is 0 Å². The first kappa shape index (κ1) is 14.4. The molecule has 2 rings (SSSR count). The van der Waals surface area contributed by atoms with E-state index in [1.54, 1.807) is 0 Å². The Morgan fingerprint density at radius 1 is 1.26 bits per heavy atom. The molecule has 2 atom stereocenters. The maximum absolute atomic E-state index is 6.07. The van der Waals surface area contributed by atoms with E-state index in [-0.39, 0.29) is 0 Å². The number of rotatable bonds is 6. The van der Waals surface area contributed by atoms with Gasteiger partial charge in [-0.05, 0) is 63.6 Å². The molecule has 1 aromatic carbocycles. The molecule has 1 fully saturated rings. The van der Waals surface area contributed by atoms with Crippen molar-refractivity contribution in [1.82, 2.24) is 5.32 Å². The van der Waals surface area contributed by atoms with E-state index in [1.165, 1.54) is 31.2 Å². The molecule has 2 heteroatoms. The molecule has 0 aliphatic heterocycles. The molecular formula is C17H27NO. The number of hydrogen-bond acceptors (Lipinski definition) is 2. The van der Waals surface area contributed by atoms with Gasteiger partial charge in [-0.25, -0.2) is 0 Å². The fourth-order valence-corrected chi connectivity index (χ4v) is 2.70. The Morgan fingerprint density at radius 3 is 2.68 bits per heavy atom. The van der Waals surface area contributed by atoms with E-state index in [9.17, 15) is 0 Å². The summed E-state index contributed by atoms with van der Waals surface area (Å²) >= 11 is 0. The predicted molar refractivity (Wildman–Crippen MR) is 80.6 cm³/mol. The quantitative estimate of drug-likeness (QED) is 0.816. The third-order valence-corrected chi connectivity index (χ3v) is 4.11. The summed E-state index contributed by atoms with van der Waals surface area (Å²) in [4.78, 5) is 0. The highest BCUT2D eigenvalue weighted by molar-refractivity contribution is 5.30. The number of benzene rings is 1. The van der Waals surface area contributed by atoms with Crippen molar-refractivity contribution in [3.63, 3.8) is 0 Å². The third kappa shape index (κ3) is 4.24. The van der Waals surface area contributed by atoms with Crippen LogP contribution in [0.1, 0.15) is 64.5 Å². The zero-order valence-corrected chi connectivity index (χ0v) is 12.5. The smallest absolute Gasteiger partial charge is 0.120 e. The minimum absolute atomic E-state index is 0.377. The van der Waals surface area contributed by atoms with Crippen molar-refractivity contribution < 1.29 is 4.74 Å². The van der Waals surface area contributed by atoms with Gasteiger partial charge in [0.15, 0.2) is 0 Å². The molecule has 0 saturated heterocycles. The lowest BCUT2D eigenvalue weighted by atomic mass is 10.1. The van der Waals surface area contributed by atoms with Crippen LogP contribution in [0.2, 0.25) is 0 Å². The van der Waals surface area contributed by atoms with E-state index in [0.717, 1.165) is 12.2 Å². The second-order valence-electron chi connectivity index (χ2n) is 5.79. The van der Waals surface area contributed by atoms with E-state index in [1.807, 2.05) is 0 Å². The van der Waals surface area contributed by atoms with E-state index in [4.69, 9.17) is 4.74 Å². The van der Waals surface area contributed by atoms with Gasteiger partial charge in [0, 0.05) is 12.1 Å². The van der Waals surface area contributed by atoms with Crippen LogP contribution in [0.3, 0.4) is 0 Å². The summed E-state index contributed by atoms with van der Waals surface area (Å²) in [6, 6.07) is 9.49. The first-order valence-corrected chi connectivity index (χ1v) is 7.71. The van der Waals surface area contributed by atoms with Gasteiger partial charge in [-0.15, -0.1) is 0 Å². The molecule has 0 amide bonds. The minimum atomic E-state index is 0.377. The van der Waals surface area contributed by atoms with E-state index in [0.29, 0.717) is 18.2 Å². The van der Waals surface area contributed by atoms with Crippen molar-refractivity contribution in [2.75, 3.05) is 0 Å². The van der Waals surface area contributed by atoms with Crippen LogP contribution in [-0.4, -0.2) is 12.1 Å². The van der Waals surface area contributed by atoms with Crippen LogP contribution in [0.25, 0.3) is 0 Å². The van der Waals surface area contributed by atoms with Crippen LogP contribution in [0.15, 0.2) is 24.3 Å². The standard InChI is InChI=1S/C17H27NO/c1-4-13(2)18-14(3)15-8-7-11-17(12-15)19-16-9-5-6-10-16/h7-8,11-14,16,18H,4-6,9-10H2,1-3H3/t13-,14-/m1/s1. The normalized spacial score (nSPS) is 19.3. The van der Waals surface area contributed by atoms with Gasteiger partial charge in [-0.1, -0.05) is 19.1 Å². The minimum Gasteiger partial charge on any atom is -0.490 e. The molecule has 0 unspecified atom stereocenters. The van der Waals surface area contributed by atoms with Crippen molar-refractivity contribution in [2.24, 2.45) is 0 Å². The Labute approximate surface area is 117 Å². The summed E-state index contributed by atoms with van der Waals surface area (Å²) in [6.45, 7) is 6.67. The van der Waals surface area contributed by atoms with Crippen molar-refractivity contribution in [1.29, 1.82) is 0 Å². The lowest BCUT2D eigenvalue weighted by Crippen LogP contribution is -2.28. The average molecular weight is 261 g/mol. The maximum atomic E-state index is 6.07. The Bertz CT molecular complexity index is 385. The molecule has 0 radical (unpaired) electrons. The summed E-state index contributed by atoms with van der Waals surface area (Å²) < 4.78 is 6.07. The Hall–Kier alpha value is -1.02. The number of ether oxygens (including phenoxy) is 1. The maximum Gasteiger partial charge on any atom is 0.120 e. The summed E-state index contributed by atoms with van der Waals surface area (Å²) in [6.07, 6.45) is 6.65. The second kappa shape index (κ2) is 6.95. The molecule has 1 N–H and O–H groups in total. The molecule has 0 spiro atoms. The highest BCUT2D eigenvalue weighted by Gasteiger charge is 2.17. The van der Waals surface area contributed by atoms with E-state index in [2.05, 4.69) is 50.4 Å². The molecule has 19 heavy (non-hydrogen) atoms. The van der Waals surface area contributed by atoms with Gasteiger partial charge in [0.1, 0.15) is 5.75 Å². The SMILES string of the molecule is CC[C@@H](C)N[C@H](C)c1cccc(OC2CCCC2)c1. The molecule has 106 valence electrons. The van der Waals surface area contributed by atoms with Crippen LogP contribution in [-0.2, 0) is 0 Å². The van der Waals surface area contributed by atoms with Crippen molar-refractivity contribution in [3.8, 4) is 5.75 Å². The number of hydrogen-bond donors (Lipinski definition) is 1. The topological polar surface area (TPSA) is 21.3 Å². The Morgan fingerprint density at radius 2 is 2.00 bits per heavy atom. The number of nitrogens with one attached hydrogen (secondary N) is 1. The van der Waals surface area contributed by atoms with Crippen LogP contribution in [0.5, 0.6) is 5.75 Å². The highest BCUT2D eigenvalue weighted by atomic mass is 16.5. The molecule has 0 aromatic heterocycles. The summed E-state index contributed by atoms with van der Waals surface area (Å²) in [5.41, 5.74) is 1.32. The zero-order valence-electron chi connectivity index (χ0n) is 12.5. The lowest BCUT2D eigenvalue weighted by Gasteiger charge is -2.20. The van der Waals surface area contributed by atoms with Gasteiger partial charge in [0.25, 0.3) is 0 Å². The second-order valence-corrected chi connectivity index (χ2v) is 5.79. The Balaban J connectivity index is 1.97. The summed E-state index contributed by atoms with van der Waals surface area (Å²) in [5, 5.41) is 3.61. The first-order valence-electron chi connectivity index (χ1n) is 7.71. The monoisotopic (exact) mass is 261 g/mol. The Kier molecular flexibility index (Phi) is 5.26. The van der Waals surface area contributed by atoms with Crippen LogP contribution < -0.4 is 10.1 Å². The van der Waals surface area contributed by atoms with E-state index >= 15 is 0 Å². The molecular weight excluding hydrogens is 234 g/mol. The summed E-state index contributed by atoms with van der Waals surface area (Å²) in [7, 11) is 0. The lowest BCUT2D eigenvalue weighted by molar-refractivity contribution is 0.209. The van der Waals surface area contributed by atoms with Crippen molar-refractivity contribution in [2.45, 2.75) is 71.1 Å². The fourth-order valence-electron chi connectivity index (χ4n) is 2.70. The van der Waals surface area contributed by atoms with Gasteiger partial charge in [0.05, 0.1) is 6.10 Å². The molecule has 1 saturated carbocycles. The molecule has 0 heterocycles. The molecule has 1 aromatic rings. The van der Waals surface area contributed by atoms with Gasteiger partial charge < -0.3 is 10.1 Å². The van der Waals surface area contributed by atoms with Gasteiger partial charge in [-0.2, -0.15) is 0 Å². The van der Waals surface area contributed by atoms with Gasteiger partial charge >= 0.3 is 0 Å². The van der Waals surface area contributed by atoms with Crippen LogP contribution >= 0.6 is 0 Å². The first-order chi connectivity index (χ1) is 9.19. The zero-order chi connectivity index (χ0) is 13.7. The summed E-state index contributed by atoms with van der Waals surface area (Å²) in [5.74, 6) is 1.03. The predicted octanol–water partition coefficient (Wildman–Crippen LogP) is 4.46. The van der Waals surface area contributed by atoms with E-state index < -0.39 is 0 Å². The fraction of sp³-hybridized carbons (Fsp3) is 0.647. The average Bonchev–Trinajstić information content (AvgIpc) is 2.91. The van der Waals surface area contributed by atoms with Crippen molar-refractivity contribution >= 4 is 0 Å². The highest BCUT2D eigenvalue weighted by Crippen LogP contribution is 2.26. The van der Waals surface area contributed by atoms with Crippen LogP contribution in [0, 0.1) is 0 Å². The molecule has 2 nitrogen and oxygen atoms in total. The largest absolute Gasteiger partial charge is 0.490 e. The van der Waals surface area contributed by atoms with Gasteiger partial charge in [0.2, 0.25) is 0 Å². The van der Waals surface area contributed by atoms with Crippen LogP contribution in [0.4, 0.5) is 0 Å². The van der Waals surface area contributed by atoms with Crippen molar-refractivity contribution in [3.05, 3.63) is 29.8 Å². The third-order valence-electron chi connectivity index (χ3n) is 4.11. The molecule has 0 bridgehead atoms. The molecule has 1 aliphatic rings. The molecule has 1 aliphatic carbocycles.